The van der Waals surface area contributed by atoms with E-state index >= 15 is 0 Å². The summed E-state index contributed by atoms with van der Waals surface area (Å²) in [6.07, 6.45) is 2.38. The molecule has 0 aromatic heterocycles. The third-order valence-corrected chi connectivity index (χ3v) is 5.14. The number of ether oxygens (including phenoxy) is 2. The molecule has 0 spiro atoms. The Morgan fingerprint density at radius 3 is 2.73 bits per heavy atom. The first-order chi connectivity index (χ1) is 12.7. The summed E-state index contributed by atoms with van der Waals surface area (Å²) in [7, 11) is 0. The first kappa shape index (κ1) is 17.2. The lowest BCUT2D eigenvalue weighted by Crippen LogP contribution is -2.36. The first-order valence-corrected chi connectivity index (χ1v) is 9.26. The molecule has 1 fully saturated rings. The van der Waals surface area contributed by atoms with Crippen LogP contribution >= 0.6 is 11.6 Å². The molecule has 2 aromatic carbocycles. The highest BCUT2D eigenvalue weighted by atomic mass is 35.5. The van der Waals surface area contributed by atoms with Gasteiger partial charge in [0.15, 0.2) is 11.5 Å². The van der Waals surface area contributed by atoms with Gasteiger partial charge in [0.2, 0.25) is 6.79 Å². The van der Waals surface area contributed by atoms with E-state index in [-0.39, 0.29) is 18.7 Å². The van der Waals surface area contributed by atoms with Gasteiger partial charge in [0.1, 0.15) is 0 Å². The highest BCUT2D eigenvalue weighted by molar-refractivity contribution is 6.30. The van der Waals surface area contributed by atoms with E-state index in [1.807, 2.05) is 18.2 Å². The van der Waals surface area contributed by atoms with Crippen LogP contribution in [0.15, 0.2) is 42.5 Å². The molecule has 0 saturated carbocycles. The van der Waals surface area contributed by atoms with Crippen LogP contribution < -0.4 is 14.8 Å². The van der Waals surface area contributed by atoms with Crippen LogP contribution in [0, 0.1) is 0 Å². The number of hydrogen-bond acceptors (Lipinski definition) is 4. The van der Waals surface area contributed by atoms with Crippen molar-refractivity contribution in [2.75, 3.05) is 26.4 Å². The molecular weight excluding hydrogens is 352 g/mol. The van der Waals surface area contributed by atoms with Gasteiger partial charge in [-0.15, -0.1) is 0 Å². The molecule has 6 heteroatoms. The van der Waals surface area contributed by atoms with Crippen molar-refractivity contribution in [2.45, 2.75) is 18.9 Å². The maximum atomic E-state index is 12.6. The van der Waals surface area contributed by atoms with Gasteiger partial charge in [-0.25, -0.2) is 0 Å². The average Bonchev–Trinajstić information content (AvgIpc) is 3.33. The molecule has 136 valence electrons. The van der Waals surface area contributed by atoms with Gasteiger partial charge in [0.25, 0.3) is 5.91 Å². The van der Waals surface area contributed by atoms with E-state index in [9.17, 15) is 4.79 Å². The van der Waals surface area contributed by atoms with Crippen LogP contribution in [0.2, 0.25) is 5.02 Å². The first-order valence-electron chi connectivity index (χ1n) is 8.88. The molecular formula is C20H21ClN2O3. The monoisotopic (exact) mass is 372 g/mol. The van der Waals surface area contributed by atoms with Crippen molar-refractivity contribution < 1.29 is 14.3 Å². The standard InChI is InChI=1S/C20H21ClN2O3/c21-16-5-3-4-14(10-16)17(23-8-1-2-9-23)12-22-20(24)15-6-7-18-19(11-15)26-13-25-18/h3-7,10-11,17H,1-2,8-9,12-13H2,(H,22,24). The number of benzene rings is 2. The second kappa shape index (κ2) is 7.56. The van der Waals surface area contributed by atoms with Crippen molar-refractivity contribution in [3.8, 4) is 11.5 Å². The van der Waals surface area contributed by atoms with Crippen LogP contribution in [0.4, 0.5) is 0 Å². The second-order valence-electron chi connectivity index (χ2n) is 6.59. The van der Waals surface area contributed by atoms with Gasteiger partial charge in [0, 0.05) is 17.1 Å². The van der Waals surface area contributed by atoms with Crippen LogP contribution in [-0.4, -0.2) is 37.2 Å². The summed E-state index contributed by atoms with van der Waals surface area (Å²) < 4.78 is 10.6. The fraction of sp³-hybridized carbons (Fsp3) is 0.350. The summed E-state index contributed by atoms with van der Waals surface area (Å²) in [4.78, 5) is 15.0. The van der Waals surface area contributed by atoms with E-state index in [4.69, 9.17) is 21.1 Å². The topological polar surface area (TPSA) is 50.8 Å². The number of nitrogens with zero attached hydrogens (tertiary/aromatic N) is 1. The maximum absolute atomic E-state index is 12.6. The number of rotatable bonds is 5. The van der Waals surface area contributed by atoms with E-state index in [1.165, 1.54) is 12.8 Å². The molecule has 2 heterocycles. The zero-order valence-electron chi connectivity index (χ0n) is 14.4. The molecule has 0 aliphatic carbocycles. The number of hydrogen-bond donors (Lipinski definition) is 1. The Hall–Kier alpha value is -2.24. The molecule has 2 aliphatic rings. The van der Waals surface area contributed by atoms with Gasteiger partial charge in [-0.3, -0.25) is 9.69 Å². The Kier molecular flexibility index (Phi) is 5.00. The van der Waals surface area contributed by atoms with Gasteiger partial charge in [-0.05, 0) is 61.8 Å². The van der Waals surface area contributed by atoms with Crippen molar-refractivity contribution in [1.29, 1.82) is 0 Å². The molecule has 1 N–H and O–H groups in total. The zero-order chi connectivity index (χ0) is 17.9. The molecule has 1 atom stereocenters. The minimum atomic E-state index is -0.116. The summed E-state index contributed by atoms with van der Waals surface area (Å²) in [5.74, 6) is 1.17. The summed E-state index contributed by atoms with van der Waals surface area (Å²) in [6, 6.07) is 13.3. The molecule has 0 radical (unpaired) electrons. The third-order valence-electron chi connectivity index (χ3n) is 4.91. The molecule has 0 bridgehead atoms. The van der Waals surface area contributed by atoms with Crippen LogP contribution in [0.25, 0.3) is 0 Å². The molecule has 2 aromatic rings. The predicted octanol–water partition coefficient (Wildman–Crippen LogP) is 3.64. The highest BCUT2D eigenvalue weighted by Crippen LogP contribution is 2.32. The maximum Gasteiger partial charge on any atom is 0.251 e. The highest BCUT2D eigenvalue weighted by Gasteiger charge is 2.24. The lowest BCUT2D eigenvalue weighted by Gasteiger charge is -2.28. The lowest BCUT2D eigenvalue weighted by atomic mass is 10.1. The predicted molar refractivity (Wildman–Crippen MR) is 99.9 cm³/mol. The molecule has 4 rings (SSSR count). The summed E-state index contributed by atoms with van der Waals surface area (Å²) in [5, 5.41) is 3.78. The lowest BCUT2D eigenvalue weighted by molar-refractivity contribution is 0.0937. The SMILES string of the molecule is O=C(NCC(c1cccc(Cl)c1)N1CCCC1)c1ccc2c(c1)OCO2. The number of nitrogens with one attached hydrogen (secondary N) is 1. The third kappa shape index (κ3) is 3.64. The molecule has 1 saturated heterocycles. The number of halogens is 1. The van der Waals surface area contributed by atoms with Crippen molar-refractivity contribution in [3.63, 3.8) is 0 Å². The van der Waals surface area contributed by atoms with Gasteiger partial charge in [-0.1, -0.05) is 23.7 Å². The Bertz CT molecular complexity index is 805. The number of likely N-dealkylation sites (tertiary alicyclic amines) is 1. The minimum absolute atomic E-state index is 0.116. The van der Waals surface area contributed by atoms with Crippen LogP contribution in [0.1, 0.15) is 34.8 Å². The number of fused-ring (bicyclic) bond motifs is 1. The van der Waals surface area contributed by atoms with Gasteiger partial charge < -0.3 is 14.8 Å². The van der Waals surface area contributed by atoms with Crippen LogP contribution in [0.5, 0.6) is 11.5 Å². The van der Waals surface area contributed by atoms with E-state index in [2.05, 4.69) is 16.3 Å². The number of carbonyl (C=O) groups is 1. The summed E-state index contributed by atoms with van der Waals surface area (Å²) >= 11 is 6.18. The smallest absolute Gasteiger partial charge is 0.251 e. The Morgan fingerprint density at radius 2 is 1.92 bits per heavy atom. The quantitative estimate of drug-likeness (QED) is 0.870. The molecule has 1 unspecified atom stereocenters. The minimum Gasteiger partial charge on any atom is -0.454 e. The van der Waals surface area contributed by atoms with Gasteiger partial charge in [0.05, 0.1) is 6.04 Å². The molecule has 26 heavy (non-hydrogen) atoms. The van der Waals surface area contributed by atoms with E-state index in [0.717, 1.165) is 18.7 Å². The fourth-order valence-corrected chi connectivity index (χ4v) is 3.75. The zero-order valence-corrected chi connectivity index (χ0v) is 15.2. The Labute approximate surface area is 157 Å². The van der Waals surface area contributed by atoms with Crippen molar-refractivity contribution in [2.24, 2.45) is 0 Å². The average molecular weight is 373 g/mol. The number of amides is 1. The number of carbonyl (C=O) groups excluding carboxylic acids is 1. The van der Waals surface area contributed by atoms with Gasteiger partial charge >= 0.3 is 0 Å². The van der Waals surface area contributed by atoms with E-state index in [0.29, 0.717) is 28.6 Å². The largest absolute Gasteiger partial charge is 0.454 e. The van der Waals surface area contributed by atoms with Gasteiger partial charge in [-0.2, -0.15) is 0 Å². The van der Waals surface area contributed by atoms with Crippen molar-refractivity contribution >= 4 is 17.5 Å². The summed E-state index contributed by atoms with van der Waals surface area (Å²) in [5.41, 5.74) is 1.70. The Morgan fingerprint density at radius 1 is 1.12 bits per heavy atom. The molecule has 1 amide bonds. The van der Waals surface area contributed by atoms with Crippen molar-refractivity contribution in [1.82, 2.24) is 10.2 Å². The van der Waals surface area contributed by atoms with E-state index < -0.39 is 0 Å². The Balaban J connectivity index is 1.48. The normalized spacial score (nSPS) is 17.3. The van der Waals surface area contributed by atoms with Crippen LogP contribution in [0.3, 0.4) is 0 Å². The molecule has 2 aliphatic heterocycles. The molecule has 5 nitrogen and oxygen atoms in total. The second-order valence-corrected chi connectivity index (χ2v) is 7.03. The van der Waals surface area contributed by atoms with Crippen molar-refractivity contribution in [3.05, 3.63) is 58.6 Å². The fourth-order valence-electron chi connectivity index (χ4n) is 3.55. The summed E-state index contributed by atoms with van der Waals surface area (Å²) in [6.45, 7) is 2.81. The van der Waals surface area contributed by atoms with E-state index in [1.54, 1.807) is 18.2 Å². The van der Waals surface area contributed by atoms with Crippen LogP contribution in [-0.2, 0) is 0 Å².